The van der Waals surface area contributed by atoms with Crippen molar-refractivity contribution in [1.29, 1.82) is 0 Å². The number of hydrogen-bond donors (Lipinski definition) is 1. The summed E-state index contributed by atoms with van der Waals surface area (Å²) in [6, 6.07) is 9.49. The minimum absolute atomic E-state index is 0.196. The maximum atomic E-state index is 14.1. The topological polar surface area (TPSA) is 64.6 Å². The Kier molecular flexibility index (Phi) is 6.60. The molecule has 1 N–H and O–H groups in total. The van der Waals surface area contributed by atoms with Gasteiger partial charge in [0.15, 0.2) is 0 Å². The molecule has 2 saturated heterocycles. The Morgan fingerprint density at radius 3 is 2.64 bits per heavy atom. The highest BCUT2D eigenvalue weighted by Gasteiger charge is 2.26. The minimum atomic E-state index is -0.196. The zero-order valence-electron chi connectivity index (χ0n) is 19.1. The van der Waals surface area contributed by atoms with Gasteiger partial charge in [-0.25, -0.2) is 14.4 Å². The highest BCUT2D eigenvalue weighted by molar-refractivity contribution is 5.76. The number of nitrogens with one attached hydrogen (secondary N) is 1. The lowest BCUT2D eigenvalue weighted by molar-refractivity contribution is -0.131. The first-order chi connectivity index (χ1) is 16.2. The summed E-state index contributed by atoms with van der Waals surface area (Å²) < 4.78 is 14.1. The zero-order chi connectivity index (χ0) is 22.6. The molecule has 1 aromatic carbocycles. The van der Waals surface area contributed by atoms with Gasteiger partial charge in [0.05, 0.1) is 5.69 Å². The minimum Gasteiger partial charge on any atom is -0.367 e. The first-order valence-electron chi connectivity index (χ1n) is 12.3. The Morgan fingerprint density at radius 1 is 1.03 bits per heavy atom. The van der Waals surface area contributed by atoms with Crippen LogP contribution in [0.2, 0.25) is 0 Å². The summed E-state index contributed by atoms with van der Waals surface area (Å²) >= 11 is 0. The van der Waals surface area contributed by atoms with Gasteiger partial charge in [0.2, 0.25) is 5.91 Å². The molecule has 3 fully saturated rings. The van der Waals surface area contributed by atoms with Crippen LogP contribution in [0.15, 0.2) is 36.7 Å². The maximum absolute atomic E-state index is 14.1. The van der Waals surface area contributed by atoms with Crippen LogP contribution in [0.3, 0.4) is 0 Å². The molecule has 8 heteroatoms. The van der Waals surface area contributed by atoms with Gasteiger partial charge in [0.1, 0.15) is 23.8 Å². The summed E-state index contributed by atoms with van der Waals surface area (Å²) in [5, 5.41) is 3.45. The maximum Gasteiger partial charge on any atom is 0.222 e. The summed E-state index contributed by atoms with van der Waals surface area (Å²) in [4.78, 5) is 28.0. The van der Waals surface area contributed by atoms with Gasteiger partial charge in [-0.15, -0.1) is 0 Å². The van der Waals surface area contributed by atoms with E-state index >= 15 is 0 Å². The summed E-state index contributed by atoms with van der Waals surface area (Å²) in [6.07, 6.45) is 7.85. The third-order valence-corrected chi connectivity index (χ3v) is 7.02. The van der Waals surface area contributed by atoms with Crippen LogP contribution in [-0.2, 0) is 4.79 Å². The molecule has 0 unspecified atom stereocenters. The molecule has 7 nitrogen and oxygen atoms in total. The normalized spacial score (nSPS) is 21.2. The fraction of sp³-hybridized carbons (Fsp3) is 0.560. The van der Waals surface area contributed by atoms with Crippen LogP contribution in [0.4, 0.5) is 21.7 Å². The lowest BCUT2D eigenvalue weighted by Crippen LogP contribution is -2.49. The molecule has 2 aliphatic heterocycles. The summed E-state index contributed by atoms with van der Waals surface area (Å²) in [6.45, 7) is 4.60. The molecule has 1 aromatic heterocycles. The van der Waals surface area contributed by atoms with E-state index in [0.717, 1.165) is 44.0 Å². The van der Waals surface area contributed by atoms with Crippen molar-refractivity contribution in [3.8, 4) is 0 Å². The van der Waals surface area contributed by atoms with E-state index in [9.17, 15) is 9.18 Å². The first-order valence-corrected chi connectivity index (χ1v) is 12.3. The third kappa shape index (κ3) is 5.54. The molecule has 1 atom stereocenters. The van der Waals surface area contributed by atoms with E-state index in [1.807, 2.05) is 21.9 Å². The number of rotatable bonds is 7. The van der Waals surface area contributed by atoms with Crippen LogP contribution in [0.25, 0.3) is 0 Å². The number of aromatic nitrogens is 2. The number of nitrogens with zero attached hydrogens (tertiary/aromatic N) is 5. The van der Waals surface area contributed by atoms with Gasteiger partial charge in [-0.1, -0.05) is 12.1 Å². The molecular weight excluding hydrogens is 419 g/mol. The smallest absolute Gasteiger partial charge is 0.222 e. The Bertz CT molecular complexity index is 959. The van der Waals surface area contributed by atoms with Crippen molar-refractivity contribution in [2.45, 2.75) is 44.6 Å². The van der Waals surface area contributed by atoms with Crippen LogP contribution in [0, 0.1) is 11.7 Å². The van der Waals surface area contributed by atoms with Crippen LogP contribution in [0.1, 0.15) is 38.5 Å². The number of benzene rings is 1. The van der Waals surface area contributed by atoms with Crippen molar-refractivity contribution in [3.05, 3.63) is 42.5 Å². The van der Waals surface area contributed by atoms with Crippen molar-refractivity contribution in [3.63, 3.8) is 0 Å². The molecule has 0 bridgehead atoms. The Morgan fingerprint density at radius 2 is 1.85 bits per heavy atom. The van der Waals surface area contributed by atoms with Gasteiger partial charge in [0, 0.05) is 57.8 Å². The summed E-state index contributed by atoms with van der Waals surface area (Å²) in [5.41, 5.74) is 0.632. The van der Waals surface area contributed by atoms with Crippen LogP contribution in [-0.4, -0.2) is 66.1 Å². The van der Waals surface area contributed by atoms with E-state index in [1.165, 1.54) is 18.9 Å². The average molecular weight is 453 g/mol. The largest absolute Gasteiger partial charge is 0.367 e. The van der Waals surface area contributed by atoms with E-state index in [4.69, 9.17) is 0 Å². The van der Waals surface area contributed by atoms with Gasteiger partial charge >= 0.3 is 0 Å². The number of para-hydroxylation sites is 1. The fourth-order valence-electron chi connectivity index (χ4n) is 4.94. The molecule has 3 aliphatic rings. The molecule has 1 aliphatic carbocycles. The Hall–Kier alpha value is -2.90. The first kappa shape index (κ1) is 21.9. The molecule has 1 amide bonds. The van der Waals surface area contributed by atoms with Gasteiger partial charge in [-0.3, -0.25) is 4.79 Å². The predicted octanol–water partition coefficient (Wildman–Crippen LogP) is 3.54. The molecular formula is C25H33FN6O. The number of carbonyl (C=O) groups is 1. The second-order valence-corrected chi connectivity index (χ2v) is 9.49. The van der Waals surface area contributed by atoms with Crippen molar-refractivity contribution >= 4 is 23.2 Å². The Labute approximate surface area is 195 Å². The second-order valence-electron chi connectivity index (χ2n) is 9.49. The van der Waals surface area contributed by atoms with Crippen molar-refractivity contribution < 1.29 is 9.18 Å². The number of piperidine rings is 1. The van der Waals surface area contributed by atoms with E-state index in [1.54, 1.807) is 12.4 Å². The van der Waals surface area contributed by atoms with Crippen molar-refractivity contribution in [2.75, 3.05) is 54.4 Å². The van der Waals surface area contributed by atoms with E-state index < -0.39 is 0 Å². The zero-order valence-corrected chi connectivity index (χ0v) is 19.1. The Balaban J connectivity index is 1.09. The number of carbonyl (C=O) groups excluding carboxylic acids is 1. The summed E-state index contributed by atoms with van der Waals surface area (Å²) in [7, 11) is 0. The highest BCUT2D eigenvalue weighted by Crippen LogP contribution is 2.28. The standard InChI is InChI=1S/C25H33FN6O/c26-21-5-1-2-6-22(21)30-12-14-31(15-13-30)25(33)10-7-19-4-3-11-32(17-19)24-16-23(27-18-28-24)29-20-8-9-20/h1-2,5-6,16,18-20H,3-4,7-15,17H2,(H,27,28,29)/t19-/m1/s1. The quantitative estimate of drug-likeness (QED) is 0.693. The molecule has 2 aromatic rings. The van der Waals surface area contributed by atoms with E-state index in [0.29, 0.717) is 50.2 Å². The van der Waals surface area contributed by atoms with E-state index in [-0.39, 0.29) is 11.7 Å². The van der Waals surface area contributed by atoms with Gasteiger partial charge in [0.25, 0.3) is 0 Å². The number of halogens is 1. The average Bonchev–Trinajstić information content (AvgIpc) is 3.67. The molecule has 3 heterocycles. The SMILES string of the molecule is O=C(CC[C@H]1CCCN(c2cc(NC3CC3)ncn2)C1)N1CCN(c2ccccc2F)CC1. The molecule has 5 rings (SSSR count). The van der Waals surface area contributed by atoms with Gasteiger partial charge < -0.3 is 20.0 Å². The summed E-state index contributed by atoms with van der Waals surface area (Å²) in [5.74, 6) is 2.41. The molecule has 1 saturated carbocycles. The number of hydrogen-bond acceptors (Lipinski definition) is 6. The predicted molar refractivity (Wildman–Crippen MR) is 128 cm³/mol. The van der Waals surface area contributed by atoms with Crippen LogP contribution < -0.4 is 15.1 Å². The lowest BCUT2D eigenvalue weighted by Gasteiger charge is -2.37. The lowest BCUT2D eigenvalue weighted by atomic mass is 9.93. The van der Waals surface area contributed by atoms with Crippen LogP contribution >= 0.6 is 0 Å². The third-order valence-electron chi connectivity index (χ3n) is 7.02. The molecule has 33 heavy (non-hydrogen) atoms. The fourth-order valence-corrected chi connectivity index (χ4v) is 4.94. The molecule has 0 radical (unpaired) electrons. The number of amides is 1. The molecule has 0 spiro atoms. The second kappa shape index (κ2) is 9.93. The highest BCUT2D eigenvalue weighted by atomic mass is 19.1. The number of anilines is 3. The van der Waals surface area contributed by atoms with E-state index in [2.05, 4.69) is 26.3 Å². The number of piperazine rings is 1. The monoisotopic (exact) mass is 452 g/mol. The van der Waals surface area contributed by atoms with Crippen molar-refractivity contribution in [1.82, 2.24) is 14.9 Å². The molecule has 176 valence electrons. The van der Waals surface area contributed by atoms with Gasteiger partial charge in [-0.2, -0.15) is 0 Å². The van der Waals surface area contributed by atoms with Crippen molar-refractivity contribution in [2.24, 2.45) is 5.92 Å². The van der Waals surface area contributed by atoms with Crippen LogP contribution in [0.5, 0.6) is 0 Å². The van der Waals surface area contributed by atoms with Gasteiger partial charge in [-0.05, 0) is 50.2 Å².